The zero-order chi connectivity index (χ0) is 13.8. The van der Waals surface area contributed by atoms with Crippen LogP contribution in [-0.4, -0.2) is 29.8 Å². The molecule has 1 heterocycles. The summed E-state index contributed by atoms with van der Waals surface area (Å²) in [5.74, 6) is 0.293. The molecule has 5 heteroatoms. The first-order chi connectivity index (χ1) is 9.13. The van der Waals surface area contributed by atoms with Crippen LogP contribution < -0.4 is 0 Å². The predicted molar refractivity (Wildman–Crippen MR) is 75.4 cm³/mol. The van der Waals surface area contributed by atoms with Gasteiger partial charge in [-0.05, 0) is 37.3 Å². The summed E-state index contributed by atoms with van der Waals surface area (Å²) < 4.78 is 13.4. The van der Waals surface area contributed by atoms with Gasteiger partial charge in [0.05, 0.1) is 10.6 Å². The molecule has 1 unspecified atom stereocenters. The van der Waals surface area contributed by atoms with E-state index in [1.807, 2.05) is 0 Å². The molecule has 2 nitrogen and oxygen atoms in total. The lowest BCUT2D eigenvalue weighted by molar-refractivity contribution is 0.0671. The van der Waals surface area contributed by atoms with E-state index in [-0.39, 0.29) is 16.5 Å². The number of benzene rings is 1. The molecular formula is C14H16Cl2FNO. The van der Waals surface area contributed by atoms with Crippen molar-refractivity contribution in [3.8, 4) is 0 Å². The zero-order valence-electron chi connectivity index (χ0n) is 10.5. The van der Waals surface area contributed by atoms with E-state index >= 15 is 0 Å². The van der Waals surface area contributed by atoms with Gasteiger partial charge in [0.1, 0.15) is 5.82 Å². The van der Waals surface area contributed by atoms with Gasteiger partial charge in [-0.2, -0.15) is 0 Å². The third kappa shape index (κ3) is 3.40. The molecule has 0 bridgehead atoms. The number of hydrogen-bond donors (Lipinski definition) is 0. The minimum absolute atomic E-state index is 0.0908. The van der Waals surface area contributed by atoms with Gasteiger partial charge in [0.2, 0.25) is 0 Å². The summed E-state index contributed by atoms with van der Waals surface area (Å²) in [6, 6.07) is 4.33. The van der Waals surface area contributed by atoms with E-state index in [1.54, 1.807) is 11.0 Å². The van der Waals surface area contributed by atoms with Crippen LogP contribution in [-0.2, 0) is 0 Å². The molecule has 0 aliphatic carbocycles. The van der Waals surface area contributed by atoms with Crippen LogP contribution in [0.5, 0.6) is 0 Å². The quantitative estimate of drug-likeness (QED) is 0.774. The molecule has 2 rings (SSSR count). The molecule has 104 valence electrons. The number of likely N-dealkylation sites (tertiary alicyclic amines) is 1. The van der Waals surface area contributed by atoms with Crippen LogP contribution in [0.15, 0.2) is 18.2 Å². The smallest absolute Gasteiger partial charge is 0.255 e. The molecule has 1 aromatic rings. The van der Waals surface area contributed by atoms with Crippen molar-refractivity contribution in [1.29, 1.82) is 0 Å². The van der Waals surface area contributed by atoms with Crippen molar-refractivity contribution in [2.75, 3.05) is 19.0 Å². The molecule has 1 aliphatic rings. The second kappa shape index (κ2) is 6.58. The molecule has 1 fully saturated rings. The summed E-state index contributed by atoms with van der Waals surface area (Å²) in [4.78, 5) is 14.1. The van der Waals surface area contributed by atoms with Gasteiger partial charge in [-0.3, -0.25) is 4.79 Å². The van der Waals surface area contributed by atoms with Crippen molar-refractivity contribution < 1.29 is 9.18 Å². The Morgan fingerprint density at radius 3 is 3.00 bits per heavy atom. The summed E-state index contributed by atoms with van der Waals surface area (Å²) in [6.45, 7) is 1.38. The highest BCUT2D eigenvalue weighted by molar-refractivity contribution is 6.34. The normalized spacial score (nSPS) is 19.5. The molecule has 0 N–H and O–H groups in total. The van der Waals surface area contributed by atoms with Gasteiger partial charge < -0.3 is 4.90 Å². The Kier molecular flexibility index (Phi) is 5.06. The Morgan fingerprint density at radius 2 is 2.26 bits per heavy atom. The molecule has 1 saturated heterocycles. The van der Waals surface area contributed by atoms with Gasteiger partial charge in [0, 0.05) is 19.0 Å². The Morgan fingerprint density at radius 1 is 1.47 bits per heavy atom. The fourth-order valence-corrected chi connectivity index (χ4v) is 2.99. The maximum absolute atomic E-state index is 13.4. The molecule has 19 heavy (non-hydrogen) atoms. The summed E-state index contributed by atoms with van der Waals surface area (Å²) in [7, 11) is 0. The molecule has 1 aromatic carbocycles. The molecule has 1 amide bonds. The Balaban J connectivity index is 2.12. The SMILES string of the molecule is O=C(c1cccc(F)c1Cl)N1CCCC(CCCl)C1. The fourth-order valence-electron chi connectivity index (χ4n) is 2.48. The number of halogens is 3. The Labute approximate surface area is 122 Å². The topological polar surface area (TPSA) is 20.3 Å². The molecule has 0 aromatic heterocycles. The number of nitrogens with zero attached hydrogens (tertiary/aromatic N) is 1. The highest BCUT2D eigenvalue weighted by atomic mass is 35.5. The van der Waals surface area contributed by atoms with Gasteiger partial charge in [-0.1, -0.05) is 17.7 Å². The second-order valence-electron chi connectivity index (χ2n) is 4.84. The van der Waals surface area contributed by atoms with Gasteiger partial charge in [-0.25, -0.2) is 4.39 Å². The molecule has 0 spiro atoms. The number of hydrogen-bond acceptors (Lipinski definition) is 1. The average Bonchev–Trinajstić information content (AvgIpc) is 2.42. The molecular weight excluding hydrogens is 288 g/mol. The van der Waals surface area contributed by atoms with E-state index in [1.165, 1.54) is 12.1 Å². The maximum atomic E-state index is 13.4. The molecule has 0 saturated carbocycles. The van der Waals surface area contributed by atoms with Crippen LogP contribution in [0.2, 0.25) is 5.02 Å². The summed E-state index contributed by atoms with van der Waals surface area (Å²) in [5.41, 5.74) is 0.244. The first-order valence-corrected chi connectivity index (χ1v) is 7.34. The molecule has 1 atom stereocenters. The van der Waals surface area contributed by atoms with E-state index in [2.05, 4.69) is 0 Å². The van der Waals surface area contributed by atoms with Gasteiger partial charge in [0.25, 0.3) is 5.91 Å². The summed E-state index contributed by atoms with van der Waals surface area (Å²) >= 11 is 11.6. The Hall–Kier alpha value is -0.800. The van der Waals surface area contributed by atoms with Crippen LogP contribution in [0.1, 0.15) is 29.6 Å². The van der Waals surface area contributed by atoms with E-state index in [0.29, 0.717) is 24.9 Å². The minimum atomic E-state index is -0.554. The molecule has 1 aliphatic heterocycles. The van der Waals surface area contributed by atoms with Crippen LogP contribution in [0.3, 0.4) is 0 Å². The van der Waals surface area contributed by atoms with Crippen LogP contribution >= 0.6 is 23.2 Å². The van der Waals surface area contributed by atoms with Gasteiger partial charge in [-0.15, -0.1) is 11.6 Å². The summed E-state index contributed by atoms with van der Waals surface area (Å²) in [6.07, 6.45) is 2.95. The van der Waals surface area contributed by atoms with Crippen LogP contribution in [0, 0.1) is 11.7 Å². The first kappa shape index (κ1) is 14.6. The summed E-state index contributed by atoms with van der Waals surface area (Å²) in [5, 5.41) is -0.0908. The highest BCUT2D eigenvalue weighted by Gasteiger charge is 2.25. The van der Waals surface area contributed by atoms with E-state index in [9.17, 15) is 9.18 Å². The van der Waals surface area contributed by atoms with Crippen molar-refractivity contribution in [2.45, 2.75) is 19.3 Å². The van der Waals surface area contributed by atoms with Crippen molar-refractivity contribution >= 4 is 29.1 Å². The van der Waals surface area contributed by atoms with E-state index in [0.717, 1.165) is 19.3 Å². The largest absolute Gasteiger partial charge is 0.338 e. The number of carbonyl (C=O) groups is 1. The first-order valence-electron chi connectivity index (χ1n) is 6.42. The average molecular weight is 304 g/mol. The van der Waals surface area contributed by atoms with E-state index in [4.69, 9.17) is 23.2 Å². The number of carbonyl (C=O) groups excluding carboxylic acids is 1. The van der Waals surface area contributed by atoms with E-state index < -0.39 is 5.82 Å². The number of piperidine rings is 1. The lowest BCUT2D eigenvalue weighted by Crippen LogP contribution is -2.40. The van der Waals surface area contributed by atoms with Crippen molar-refractivity contribution in [1.82, 2.24) is 4.90 Å². The number of alkyl halides is 1. The standard InChI is InChI=1S/C14H16Cl2FNO/c15-7-6-10-3-2-8-18(9-10)14(19)11-4-1-5-12(17)13(11)16/h1,4-5,10H,2-3,6-9H2. The zero-order valence-corrected chi connectivity index (χ0v) is 12.1. The Bertz CT molecular complexity index is 465. The van der Waals surface area contributed by atoms with Gasteiger partial charge >= 0.3 is 0 Å². The lowest BCUT2D eigenvalue weighted by atomic mass is 9.95. The predicted octanol–water partition coefficient (Wildman–Crippen LogP) is 3.96. The monoisotopic (exact) mass is 303 g/mol. The van der Waals surface area contributed by atoms with Crippen molar-refractivity contribution in [2.24, 2.45) is 5.92 Å². The highest BCUT2D eigenvalue weighted by Crippen LogP contribution is 2.25. The third-order valence-electron chi connectivity index (χ3n) is 3.51. The minimum Gasteiger partial charge on any atom is -0.338 e. The van der Waals surface area contributed by atoms with Gasteiger partial charge in [0.15, 0.2) is 0 Å². The van der Waals surface area contributed by atoms with Crippen LogP contribution in [0.25, 0.3) is 0 Å². The third-order valence-corrected chi connectivity index (χ3v) is 4.11. The fraction of sp³-hybridized carbons (Fsp3) is 0.500. The number of amides is 1. The molecule has 0 radical (unpaired) electrons. The maximum Gasteiger partial charge on any atom is 0.255 e. The number of rotatable bonds is 3. The lowest BCUT2D eigenvalue weighted by Gasteiger charge is -2.32. The van der Waals surface area contributed by atoms with Crippen molar-refractivity contribution in [3.63, 3.8) is 0 Å². The van der Waals surface area contributed by atoms with Crippen LogP contribution in [0.4, 0.5) is 4.39 Å². The van der Waals surface area contributed by atoms with Crippen molar-refractivity contribution in [3.05, 3.63) is 34.6 Å². The second-order valence-corrected chi connectivity index (χ2v) is 5.59.